The normalized spacial score (nSPS) is 17.8. The Morgan fingerprint density at radius 2 is 2.13 bits per heavy atom. The monoisotopic (exact) mass is 545 g/mol. The summed E-state index contributed by atoms with van der Waals surface area (Å²) >= 11 is 1.25. The van der Waals surface area contributed by atoms with Crippen LogP contribution < -0.4 is 20.4 Å². The van der Waals surface area contributed by atoms with Gasteiger partial charge in [-0.25, -0.2) is 14.8 Å². The number of hydrogen-bond donors (Lipinski definition) is 1. The first-order valence-electron chi connectivity index (χ1n) is 12.5. The third kappa shape index (κ3) is 4.83. The minimum Gasteiger partial charge on any atom is -0.493 e. The van der Waals surface area contributed by atoms with Crippen LogP contribution in [0.15, 0.2) is 22.6 Å². The molecule has 2 saturated heterocycles. The average Bonchev–Trinajstić information content (AvgIpc) is 3.43. The fourth-order valence-corrected chi connectivity index (χ4v) is 5.28. The third-order valence-corrected chi connectivity index (χ3v) is 7.44. The van der Waals surface area contributed by atoms with Gasteiger partial charge in [-0.15, -0.1) is 11.3 Å². The largest absolute Gasteiger partial charge is 0.493 e. The molecule has 0 spiro atoms. The second-order valence-electron chi connectivity index (χ2n) is 9.09. The number of nitrogens with zero attached hydrogens (tertiary/aromatic N) is 4. The molecule has 0 bridgehead atoms. The number of carbonyl (C=O) groups excluding carboxylic acids is 2. The van der Waals surface area contributed by atoms with Gasteiger partial charge in [0, 0.05) is 44.0 Å². The van der Waals surface area contributed by atoms with Crippen LogP contribution in [0, 0.1) is 11.7 Å². The number of halogens is 1. The van der Waals surface area contributed by atoms with Crippen LogP contribution in [0.2, 0.25) is 0 Å². The molecule has 3 aromatic heterocycles. The van der Waals surface area contributed by atoms with Gasteiger partial charge in [0.25, 0.3) is 0 Å². The summed E-state index contributed by atoms with van der Waals surface area (Å²) in [5.74, 6) is -2.54. The number of rotatable bonds is 8. The summed E-state index contributed by atoms with van der Waals surface area (Å²) in [5, 5.41) is 4.87. The molecule has 3 aromatic rings. The Kier molecular flexibility index (Phi) is 7.56. The van der Waals surface area contributed by atoms with Gasteiger partial charge in [-0.1, -0.05) is 0 Å². The molecule has 13 heteroatoms. The maximum absolute atomic E-state index is 15.7. The maximum Gasteiger partial charge on any atom is 0.343 e. The lowest BCUT2D eigenvalue weighted by atomic mass is 9.98. The van der Waals surface area contributed by atoms with E-state index in [0.717, 1.165) is 19.3 Å². The highest BCUT2D eigenvalue weighted by atomic mass is 32.1. The zero-order chi connectivity index (χ0) is 26.8. The highest BCUT2D eigenvalue weighted by molar-refractivity contribution is 7.12. The number of ether oxygens (including phenoxy) is 3. The predicted octanol–water partition coefficient (Wildman–Crippen LogP) is 2.29. The molecule has 5 heterocycles. The van der Waals surface area contributed by atoms with Gasteiger partial charge in [0.05, 0.1) is 25.7 Å². The number of thiazole rings is 1. The quantitative estimate of drug-likeness (QED) is 0.425. The van der Waals surface area contributed by atoms with Crippen molar-refractivity contribution in [2.75, 3.05) is 44.9 Å². The van der Waals surface area contributed by atoms with Gasteiger partial charge in [-0.3, -0.25) is 14.2 Å². The number of esters is 1. The smallest absolute Gasteiger partial charge is 0.343 e. The zero-order valence-corrected chi connectivity index (χ0v) is 21.9. The van der Waals surface area contributed by atoms with Crippen molar-refractivity contribution < 1.29 is 28.2 Å². The van der Waals surface area contributed by atoms with Crippen LogP contribution in [0.3, 0.4) is 0 Å². The van der Waals surface area contributed by atoms with Gasteiger partial charge in [-0.05, 0) is 26.2 Å². The molecule has 1 N–H and O–H groups in total. The second kappa shape index (κ2) is 11.0. The Hall–Kier alpha value is -3.58. The summed E-state index contributed by atoms with van der Waals surface area (Å²) in [6.07, 6.45) is 5.93. The summed E-state index contributed by atoms with van der Waals surface area (Å²) in [6.45, 7) is 3.34. The van der Waals surface area contributed by atoms with Crippen molar-refractivity contribution in [1.29, 1.82) is 0 Å². The number of carbonyl (C=O) groups is 2. The van der Waals surface area contributed by atoms with Crippen LogP contribution in [0.5, 0.6) is 5.75 Å². The summed E-state index contributed by atoms with van der Waals surface area (Å²) in [6, 6.07) is 0. The van der Waals surface area contributed by atoms with E-state index in [1.54, 1.807) is 23.4 Å². The first kappa shape index (κ1) is 26.0. The fourth-order valence-electron chi connectivity index (χ4n) is 4.66. The lowest BCUT2D eigenvalue weighted by molar-refractivity contribution is -0.126. The van der Waals surface area contributed by atoms with Gasteiger partial charge in [-0.2, -0.15) is 4.39 Å². The lowest BCUT2D eigenvalue weighted by Crippen LogP contribution is -2.55. The van der Waals surface area contributed by atoms with Crippen molar-refractivity contribution in [2.45, 2.75) is 32.3 Å². The van der Waals surface area contributed by atoms with Gasteiger partial charge in [0.1, 0.15) is 10.9 Å². The van der Waals surface area contributed by atoms with Crippen LogP contribution in [0.25, 0.3) is 16.2 Å². The van der Waals surface area contributed by atoms with Crippen LogP contribution in [0.4, 0.5) is 10.2 Å². The lowest BCUT2D eigenvalue weighted by Gasteiger charge is -2.39. The molecule has 1 unspecified atom stereocenters. The number of fused-ring (bicyclic) bond motifs is 1. The van der Waals surface area contributed by atoms with E-state index in [-0.39, 0.29) is 65.8 Å². The van der Waals surface area contributed by atoms with Crippen LogP contribution in [-0.2, 0) is 14.3 Å². The topological polar surface area (TPSA) is 125 Å². The maximum atomic E-state index is 15.7. The van der Waals surface area contributed by atoms with E-state index in [2.05, 4.69) is 15.3 Å². The number of hydrogen-bond acceptors (Lipinski definition) is 10. The van der Waals surface area contributed by atoms with E-state index < -0.39 is 17.2 Å². The minimum absolute atomic E-state index is 0.0230. The first-order chi connectivity index (χ1) is 18.4. The number of methoxy groups -OCH3 is 1. The van der Waals surface area contributed by atoms with Crippen molar-refractivity contribution in [3.63, 3.8) is 0 Å². The summed E-state index contributed by atoms with van der Waals surface area (Å²) in [4.78, 5) is 48.9. The molecule has 2 aliphatic rings. The van der Waals surface area contributed by atoms with Crippen LogP contribution in [-0.4, -0.2) is 72.5 Å². The summed E-state index contributed by atoms with van der Waals surface area (Å²) < 4.78 is 33.2. The Balaban J connectivity index is 1.47. The minimum atomic E-state index is -0.849. The third-order valence-electron chi connectivity index (χ3n) is 6.67. The zero-order valence-electron chi connectivity index (χ0n) is 21.1. The Morgan fingerprint density at radius 1 is 1.32 bits per heavy atom. The number of anilines is 1. The Labute approximate surface area is 221 Å². The molecule has 38 heavy (non-hydrogen) atoms. The molecule has 2 aliphatic heterocycles. The molecule has 0 aliphatic carbocycles. The SMILES string of the molecule is CCOC(=O)c1cn(-c2nccs2)c2nc(N3CC(C(=O)NCC4CCCCO4)C3)c(F)c(OC)c2c1=O. The van der Waals surface area contributed by atoms with Crippen molar-refractivity contribution in [3.05, 3.63) is 39.4 Å². The molecule has 0 radical (unpaired) electrons. The van der Waals surface area contributed by atoms with Crippen molar-refractivity contribution >= 4 is 40.1 Å². The van der Waals surface area contributed by atoms with Gasteiger partial charge < -0.3 is 24.4 Å². The number of aromatic nitrogens is 3. The van der Waals surface area contributed by atoms with Crippen molar-refractivity contribution in [1.82, 2.24) is 19.9 Å². The second-order valence-corrected chi connectivity index (χ2v) is 9.97. The van der Waals surface area contributed by atoms with E-state index in [1.807, 2.05) is 0 Å². The molecule has 202 valence electrons. The summed E-state index contributed by atoms with van der Waals surface area (Å²) in [7, 11) is 1.24. The molecular weight excluding hydrogens is 517 g/mol. The predicted molar refractivity (Wildman–Crippen MR) is 138 cm³/mol. The first-order valence-corrected chi connectivity index (χ1v) is 13.3. The van der Waals surface area contributed by atoms with E-state index >= 15 is 4.39 Å². The molecular formula is C25H28FN5O6S. The Morgan fingerprint density at radius 3 is 2.79 bits per heavy atom. The molecule has 2 fully saturated rings. The molecule has 0 saturated carbocycles. The van der Waals surface area contributed by atoms with E-state index in [9.17, 15) is 14.4 Å². The standard InChI is InChI=1S/C25H28FN5O6S/c1-3-36-24(34)16-13-31(25-27-7-9-38-25)21-17(19(16)32)20(35-2)18(26)22(29-21)30-11-14(12-30)23(33)28-10-15-6-4-5-8-37-15/h7,9,13-15H,3-6,8,10-12H2,1-2H3,(H,28,33). The van der Waals surface area contributed by atoms with Gasteiger partial charge >= 0.3 is 5.97 Å². The van der Waals surface area contributed by atoms with Gasteiger partial charge in [0.15, 0.2) is 22.3 Å². The molecule has 1 amide bonds. The fraction of sp³-hybridized carbons (Fsp3) is 0.480. The Bertz CT molecular complexity index is 1400. The van der Waals surface area contributed by atoms with Crippen LogP contribution >= 0.6 is 11.3 Å². The molecule has 5 rings (SSSR count). The molecule has 11 nitrogen and oxygen atoms in total. The number of amides is 1. The van der Waals surface area contributed by atoms with E-state index in [4.69, 9.17) is 14.2 Å². The highest BCUT2D eigenvalue weighted by Gasteiger charge is 2.37. The highest BCUT2D eigenvalue weighted by Crippen LogP contribution is 2.36. The van der Waals surface area contributed by atoms with Crippen molar-refractivity contribution in [3.8, 4) is 10.9 Å². The summed E-state index contributed by atoms with van der Waals surface area (Å²) in [5.41, 5.74) is -0.968. The average molecular weight is 546 g/mol. The van der Waals surface area contributed by atoms with E-state index in [1.165, 1.54) is 29.2 Å². The van der Waals surface area contributed by atoms with E-state index in [0.29, 0.717) is 18.3 Å². The number of pyridine rings is 2. The van der Waals surface area contributed by atoms with Gasteiger partial charge in [0.2, 0.25) is 17.2 Å². The number of nitrogens with one attached hydrogen (secondary N) is 1. The van der Waals surface area contributed by atoms with Crippen molar-refractivity contribution in [2.24, 2.45) is 5.92 Å². The molecule has 0 aromatic carbocycles. The molecule has 1 atom stereocenters. The van der Waals surface area contributed by atoms with Crippen LogP contribution in [0.1, 0.15) is 36.5 Å².